The van der Waals surface area contributed by atoms with Crippen LogP contribution in [0, 0.1) is 5.82 Å². The van der Waals surface area contributed by atoms with E-state index in [4.69, 9.17) is 16.3 Å². The number of benzene rings is 1. The molecule has 0 spiro atoms. The van der Waals surface area contributed by atoms with Crippen molar-refractivity contribution < 1.29 is 9.13 Å². The van der Waals surface area contributed by atoms with Gasteiger partial charge in [-0.25, -0.2) is 4.39 Å². The maximum absolute atomic E-state index is 13.3. The van der Waals surface area contributed by atoms with Gasteiger partial charge in [0.05, 0.1) is 11.6 Å². The van der Waals surface area contributed by atoms with Crippen LogP contribution in [0.25, 0.3) is 0 Å². The Morgan fingerprint density at radius 1 is 1.58 bits per heavy atom. The van der Waals surface area contributed by atoms with Crippen molar-refractivity contribution >= 4 is 11.6 Å². The molecule has 1 aliphatic heterocycles. The van der Waals surface area contributed by atoms with Crippen LogP contribution in [0.3, 0.4) is 0 Å². The Kier molecular flexibility index (Phi) is 1.72. The molecule has 1 aromatic carbocycles. The minimum atomic E-state index is -0.334. The summed E-state index contributed by atoms with van der Waals surface area (Å²) in [6.07, 6.45) is 0. The van der Waals surface area contributed by atoms with Gasteiger partial charge in [-0.05, 0) is 12.1 Å². The summed E-state index contributed by atoms with van der Waals surface area (Å²) in [6, 6.07) is 3.23. The zero-order valence-corrected chi connectivity index (χ0v) is 7.36. The molecule has 1 unspecified atom stereocenters. The van der Waals surface area contributed by atoms with Crippen molar-refractivity contribution in [3.05, 3.63) is 28.5 Å². The quantitative estimate of drug-likeness (QED) is 0.605. The first kappa shape index (κ1) is 7.87. The minimum absolute atomic E-state index is 0.110. The van der Waals surface area contributed by atoms with Crippen LogP contribution in [-0.2, 0) is 0 Å². The Morgan fingerprint density at radius 2 is 2.33 bits per heavy atom. The standard InChI is InChI=1S/C9H8ClFO/c1-5-4-12-7-3-2-6(10)9(11)8(5)7/h2-3,5H,4H2,1H3. The van der Waals surface area contributed by atoms with Crippen LogP contribution < -0.4 is 4.74 Å². The zero-order valence-electron chi connectivity index (χ0n) is 6.60. The second-order valence-corrected chi connectivity index (χ2v) is 3.39. The summed E-state index contributed by atoms with van der Waals surface area (Å²) in [6.45, 7) is 2.47. The smallest absolute Gasteiger partial charge is 0.149 e. The average Bonchev–Trinajstić information content (AvgIpc) is 2.41. The number of halogens is 2. The molecule has 12 heavy (non-hydrogen) atoms. The first-order chi connectivity index (χ1) is 5.70. The molecule has 3 heteroatoms. The second kappa shape index (κ2) is 2.63. The molecule has 0 bridgehead atoms. The van der Waals surface area contributed by atoms with Crippen molar-refractivity contribution in [2.45, 2.75) is 12.8 Å². The highest BCUT2D eigenvalue weighted by Crippen LogP contribution is 2.37. The lowest BCUT2D eigenvalue weighted by atomic mass is 10.0. The van der Waals surface area contributed by atoms with Gasteiger partial charge in [-0.3, -0.25) is 0 Å². The van der Waals surface area contributed by atoms with E-state index in [9.17, 15) is 4.39 Å². The van der Waals surface area contributed by atoms with Crippen molar-refractivity contribution in [2.75, 3.05) is 6.61 Å². The highest BCUT2D eigenvalue weighted by atomic mass is 35.5. The molecule has 0 saturated heterocycles. The predicted molar refractivity (Wildman–Crippen MR) is 45.3 cm³/mol. The van der Waals surface area contributed by atoms with Gasteiger partial charge < -0.3 is 4.74 Å². The van der Waals surface area contributed by atoms with Crippen molar-refractivity contribution in [3.8, 4) is 5.75 Å². The topological polar surface area (TPSA) is 9.23 Å². The molecule has 2 rings (SSSR count). The van der Waals surface area contributed by atoms with Gasteiger partial charge >= 0.3 is 0 Å². The number of ether oxygens (including phenoxy) is 1. The molecule has 0 fully saturated rings. The maximum atomic E-state index is 13.3. The number of hydrogen-bond acceptors (Lipinski definition) is 1. The van der Waals surface area contributed by atoms with Crippen LogP contribution in [0.15, 0.2) is 12.1 Å². The lowest BCUT2D eigenvalue weighted by molar-refractivity contribution is 0.337. The fraction of sp³-hybridized carbons (Fsp3) is 0.333. The van der Waals surface area contributed by atoms with Crippen molar-refractivity contribution in [1.82, 2.24) is 0 Å². The third-order valence-corrected chi connectivity index (χ3v) is 2.37. The summed E-state index contributed by atoms with van der Waals surface area (Å²) in [5.74, 6) is 0.405. The first-order valence-electron chi connectivity index (χ1n) is 3.81. The molecular formula is C9H8ClFO. The molecule has 0 aromatic heterocycles. The lowest BCUT2D eigenvalue weighted by Gasteiger charge is -2.02. The van der Waals surface area contributed by atoms with E-state index in [2.05, 4.69) is 0 Å². The molecule has 1 aromatic rings. The van der Waals surface area contributed by atoms with Crippen LogP contribution in [-0.4, -0.2) is 6.61 Å². The van der Waals surface area contributed by atoms with E-state index >= 15 is 0 Å². The summed E-state index contributed by atoms with van der Waals surface area (Å²) in [4.78, 5) is 0. The fourth-order valence-electron chi connectivity index (χ4n) is 1.43. The first-order valence-corrected chi connectivity index (χ1v) is 4.18. The highest BCUT2D eigenvalue weighted by Gasteiger charge is 2.25. The Balaban J connectivity index is 2.63. The van der Waals surface area contributed by atoms with Crippen LogP contribution in [0.4, 0.5) is 4.39 Å². The molecule has 0 N–H and O–H groups in total. The molecule has 0 aliphatic carbocycles. The van der Waals surface area contributed by atoms with Crippen molar-refractivity contribution in [1.29, 1.82) is 0 Å². The Hall–Kier alpha value is -0.760. The summed E-state index contributed by atoms with van der Waals surface area (Å²) in [5, 5.41) is 0.172. The third kappa shape index (κ3) is 0.985. The fourth-order valence-corrected chi connectivity index (χ4v) is 1.60. The summed E-state index contributed by atoms with van der Waals surface area (Å²) < 4.78 is 18.6. The molecule has 1 nitrogen and oxygen atoms in total. The number of hydrogen-bond donors (Lipinski definition) is 0. The third-order valence-electron chi connectivity index (χ3n) is 2.07. The summed E-state index contributed by atoms with van der Waals surface area (Å²) >= 11 is 5.63. The maximum Gasteiger partial charge on any atom is 0.149 e. The minimum Gasteiger partial charge on any atom is -0.493 e. The molecular weight excluding hydrogens is 179 g/mol. The van der Waals surface area contributed by atoms with Gasteiger partial charge in [-0.15, -0.1) is 0 Å². The number of fused-ring (bicyclic) bond motifs is 1. The highest BCUT2D eigenvalue weighted by molar-refractivity contribution is 6.30. The summed E-state index contributed by atoms with van der Waals surface area (Å²) in [7, 11) is 0. The van der Waals surface area contributed by atoms with Gasteiger partial charge in [0.2, 0.25) is 0 Å². The second-order valence-electron chi connectivity index (χ2n) is 2.99. The van der Waals surface area contributed by atoms with Gasteiger partial charge in [0.25, 0.3) is 0 Å². The van der Waals surface area contributed by atoms with Gasteiger partial charge in [0.15, 0.2) is 0 Å². The van der Waals surface area contributed by atoms with Gasteiger partial charge in [-0.1, -0.05) is 18.5 Å². The van der Waals surface area contributed by atoms with Crippen molar-refractivity contribution in [3.63, 3.8) is 0 Å². The van der Waals surface area contributed by atoms with Crippen LogP contribution >= 0.6 is 11.6 Å². The van der Waals surface area contributed by atoms with E-state index < -0.39 is 0 Å². The number of rotatable bonds is 0. The molecule has 1 aliphatic rings. The average molecular weight is 187 g/mol. The van der Waals surface area contributed by atoms with Crippen molar-refractivity contribution in [2.24, 2.45) is 0 Å². The molecule has 64 valence electrons. The molecule has 0 radical (unpaired) electrons. The van der Waals surface area contributed by atoms with Crippen LogP contribution in [0.1, 0.15) is 18.4 Å². The van der Waals surface area contributed by atoms with E-state index in [-0.39, 0.29) is 16.8 Å². The van der Waals surface area contributed by atoms with Gasteiger partial charge in [-0.2, -0.15) is 0 Å². The van der Waals surface area contributed by atoms with Crippen LogP contribution in [0.5, 0.6) is 5.75 Å². The van der Waals surface area contributed by atoms with Gasteiger partial charge in [0.1, 0.15) is 11.6 Å². The zero-order chi connectivity index (χ0) is 8.72. The monoisotopic (exact) mass is 186 g/mol. The molecule has 1 heterocycles. The molecule has 0 saturated carbocycles. The summed E-state index contributed by atoms with van der Waals surface area (Å²) in [5.41, 5.74) is 0.613. The van der Waals surface area contributed by atoms with E-state index in [1.54, 1.807) is 6.07 Å². The lowest BCUT2D eigenvalue weighted by Crippen LogP contribution is -1.95. The van der Waals surface area contributed by atoms with E-state index in [1.807, 2.05) is 6.92 Å². The Bertz CT molecular complexity index is 325. The molecule has 0 amide bonds. The largest absolute Gasteiger partial charge is 0.493 e. The Morgan fingerprint density at radius 3 is 3.08 bits per heavy atom. The SMILES string of the molecule is CC1COc2ccc(Cl)c(F)c21. The predicted octanol–water partition coefficient (Wildman–Crippen LogP) is 2.98. The van der Waals surface area contributed by atoms with E-state index in [0.717, 1.165) is 0 Å². The van der Waals surface area contributed by atoms with Crippen LogP contribution in [0.2, 0.25) is 5.02 Å². The van der Waals surface area contributed by atoms with Gasteiger partial charge in [0, 0.05) is 11.5 Å². The van der Waals surface area contributed by atoms with E-state index in [0.29, 0.717) is 17.9 Å². The van der Waals surface area contributed by atoms with E-state index in [1.165, 1.54) is 6.07 Å². The molecule has 1 atom stereocenters. The Labute approximate surface area is 75.1 Å². The normalized spacial score (nSPS) is 20.4.